The van der Waals surface area contributed by atoms with E-state index in [9.17, 15) is 0 Å². The lowest BCUT2D eigenvalue weighted by atomic mass is 9.92. The van der Waals surface area contributed by atoms with Gasteiger partial charge in [0.1, 0.15) is 0 Å². The number of rotatable bonds is 3. The molecule has 1 aliphatic rings. The van der Waals surface area contributed by atoms with Crippen LogP contribution in [-0.4, -0.2) is 16.2 Å². The Bertz CT molecular complexity index is 340. The molecule has 1 aliphatic carbocycles. The molecule has 2 rings (SSSR count). The first-order valence-electron chi connectivity index (χ1n) is 5.01. The average Bonchev–Trinajstić information content (AvgIpc) is 2.44. The first-order valence-corrected chi connectivity index (χ1v) is 5.01. The Morgan fingerprint density at radius 1 is 1.53 bits per heavy atom. The maximum atomic E-state index is 5.64. The van der Waals surface area contributed by atoms with Gasteiger partial charge in [0.25, 0.3) is 5.89 Å². The summed E-state index contributed by atoms with van der Waals surface area (Å²) < 4.78 is 5.08. The van der Waals surface area contributed by atoms with E-state index >= 15 is 0 Å². The summed E-state index contributed by atoms with van der Waals surface area (Å²) in [6.07, 6.45) is 6.29. The number of aromatic nitrogens is 2. The van der Waals surface area contributed by atoms with Crippen molar-refractivity contribution >= 4 is 18.5 Å². The number of nitrogens with two attached hydrogens (primary N) is 1. The van der Waals surface area contributed by atoms with Gasteiger partial charge in [0.2, 0.25) is 0 Å². The van der Waals surface area contributed by atoms with Crippen LogP contribution in [0.15, 0.2) is 10.1 Å². The zero-order valence-electron chi connectivity index (χ0n) is 8.77. The first-order chi connectivity index (χ1) is 6.74. The van der Waals surface area contributed by atoms with Gasteiger partial charge in [0.15, 0.2) is 5.82 Å². The Balaban J connectivity index is 0.00000112. The smallest absolute Gasteiger partial charge is 0.250 e. The van der Waals surface area contributed by atoms with Crippen molar-refractivity contribution in [3.63, 3.8) is 0 Å². The van der Waals surface area contributed by atoms with Crippen LogP contribution in [0.25, 0.3) is 6.08 Å². The lowest BCUT2D eigenvalue weighted by Gasteiger charge is -2.14. The molecule has 0 amide bonds. The molecule has 0 spiro atoms. The van der Waals surface area contributed by atoms with Crippen LogP contribution >= 0.6 is 12.4 Å². The van der Waals surface area contributed by atoms with Crippen LogP contribution in [0.3, 0.4) is 0 Å². The third-order valence-corrected chi connectivity index (χ3v) is 2.31. The highest BCUT2D eigenvalue weighted by atomic mass is 35.5. The maximum absolute atomic E-state index is 5.64. The molecule has 84 valence electrons. The number of hydrogen-bond acceptors (Lipinski definition) is 4. The molecule has 1 fully saturated rings. The number of allylic oxidation sites excluding steroid dienone is 1. The molecule has 1 aromatic heterocycles. The molecular weight excluding hydrogens is 214 g/mol. The van der Waals surface area contributed by atoms with Gasteiger partial charge in [-0.05, 0) is 26.2 Å². The highest BCUT2D eigenvalue weighted by Crippen LogP contribution is 2.26. The van der Waals surface area contributed by atoms with Crippen LogP contribution in [0.5, 0.6) is 0 Å². The van der Waals surface area contributed by atoms with Crippen molar-refractivity contribution in [2.75, 3.05) is 0 Å². The van der Waals surface area contributed by atoms with E-state index in [1.54, 1.807) is 0 Å². The standard InChI is InChI=1S/C10H15N3O.ClH/c1-7(11)5-9-12-10(14-13-9)6-8-3-2-4-8;/h6-7H,2-5,11H2,1H3;1H. The van der Waals surface area contributed by atoms with Crippen molar-refractivity contribution in [1.82, 2.24) is 10.1 Å². The Labute approximate surface area is 95.3 Å². The van der Waals surface area contributed by atoms with E-state index in [0.717, 1.165) is 0 Å². The molecule has 1 aromatic rings. The quantitative estimate of drug-likeness (QED) is 0.861. The van der Waals surface area contributed by atoms with E-state index in [1.165, 1.54) is 24.8 Å². The Morgan fingerprint density at radius 3 is 2.80 bits per heavy atom. The summed E-state index contributed by atoms with van der Waals surface area (Å²) in [6.45, 7) is 1.93. The van der Waals surface area contributed by atoms with E-state index in [2.05, 4.69) is 10.1 Å². The van der Waals surface area contributed by atoms with Crippen LogP contribution in [0, 0.1) is 0 Å². The molecule has 4 nitrogen and oxygen atoms in total. The van der Waals surface area contributed by atoms with Gasteiger partial charge in [-0.25, -0.2) is 0 Å². The number of hydrogen-bond donors (Lipinski definition) is 1. The molecule has 0 bridgehead atoms. The molecule has 1 heterocycles. The summed E-state index contributed by atoms with van der Waals surface area (Å²) in [5.41, 5.74) is 7.04. The molecule has 0 saturated heterocycles. The first kappa shape index (κ1) is 12.2. The highest BCUT2D eigenvalue weighted by molar-refractivity contribution is 5.85. The molecule has 5 heteroatoms. The number of nitrogens with zero attached hydrogens (tertiary/aromatic N) is 2. The second-order valence-electron chi connectivity index (χ2n) is 3.89. The van der Waals surface area contributed by atoms with E-state index in [-0.39, 0.29) is 18.4 Å². The van der Waals surface area contributed by atoms with E-state index in [4.69, 9.17) is 10.3 Å². The topological polar surface area (TPSA) is 64.9 Å². The molecular formula is C10H16ClN3O. The van der Waals surface area contributed by atoms with Crippen LogP contribution < -0.4 is 5.73 Å². The second kappa shape index (κ2) is 5.28. The van der Waals surface area contributed by atoms with Crippen molar-refractivity contribution in [1.29, 1.82) is 0 Å². The van der Waals surface area contributed by atoms with Crippen molar-refractivity contribution in [3.8, 4) is 0 Å². The Morgan fingerprint density at radius 2 is 2.27 bits per heavy atom. The molecule has 15 heavy (non-hydrogen) atoms. The fourth-order valence-electron chi connectivity index (χ4n) is 1.40. The minimum absolute atomic E-state index is 0. The summed E-state index contributed by atoms with van der Waals surface area (Å²) in [4.78, 5) is 4.24. The fourth-order valence-corrected chi connectivity index (χ4v) is 1.40. The monoisotopic (exact) mass is 229 g/mol. The van der Waals surface area contributed by atoms with Gasteiger partial charge in [-0.2, -0.15) is 4.98 Å². The largest absolute Gasteiger partial charge is 0.335 e. The molecule has 2 N–H and O–H groups in total. The van der Waals surface area contributed by atoms with Crippen LogP contribution in [0.1, 0.15) is 37.9 Å². The third-order valence-electron chi connectivity index (χ3n) is 2.31. The Hall–Kier alpha value is -0.870. The van der Waals surface area contributed by atoms with Gasteiger partial charge >= 0.3 is 0 Å². The second-order valence-corrected chi connectivity index (χ2v) is 3.89. The molecule has 0 aliphatic heterocycles. The summed E-state index contributed by atoms with van der Waals surface area (Å²) in [5, 5.41) is 3.86. The van der Waals surface area contributed by atoms with E-state index in [0.29, 0.717) is 18.1 Å². The van der Waals surface area contributed by atoms with Crippen molar-refractivity contribution in [2.45, 2.75) is 38.6 Å². The van der Waals surface area contributed by atoms with E-state index in [1.807, 2.05) is 13.0 Å². The number of halogens is 1. The predicted octanol–water partition coefficient (Wildman–Crippen LogP) is 1.95. The zero-order valence-corrected chi connectivity index (χ0v) is 9.59. The summed E-state index contributed by atoms with van der Waals surface area (Å²) in [7, 11) is 0. The molecule has 0 aromatic carbocycles. The molecule has 1 unspecified atom stereocenters. The highest BCUT2D eigenvalue weighted by Gasteiger charge is 2.11. The Kier molecular flexibility index (Phi) is 4.29. The normalized spacial score (nSPS) is 16.5. The van der Waals surface area contributed by atoms with Crippen molar-refractivity contribution in [3.05, 3.63) is 17.3 Å². The molecule has 0 radical (unpaired) electrons. The average molecular weight is 230 g/mol. The minimum Gasteiger partial charge on any atom is -0.335 e. The fraction of sp³-hybridized carbons (Fsp3) is 0.600. The van der Waals surface area contributed by atoms with Gasteiger partial charge in [-0.3, -0.25) is 0 Å². The van der Waals surface area contributed by atoms with Crippen LogP contribution in [-0.2, 0) is 6.42 Å². The van der Waals surface area contributed by atoms with Gasteiger partial charge in [0, 0.05) is 18.5 Å². The van der Waals surface area contributed by atoms with Gasteiger partial charge in [0.05, 0.1) is 0 Å². The van der Waals surface area contributed by atoms with Crippen molar-refractivity contribution < 1.29 is 4.52 Å². The van der Waals surface area contributed by atoms with Crippen LogP contribution in [0.4, 0.5) is 0 Å². The summed E-state index contributed by atoms with van der Waals surface area (Å²) in [6, 6.07) is 0.0804. The SMILES string of the molecule is CC(N)Cc1noc(C=C2CCC2)n1.Cl. The van der Waals surface area contributed by atoms with Gasteiger partial charge < -0.3 is 10.3 Å². The predicted molar refractivity (Wildman–Crippen MR) is 60.7 cm³/mol. The van der Waals surface area contributed by atoms with Crippen molar-refractivity contribution in [2.24, 2.45) is 5.73 Å². The van der Waals surface area contributed by atoms with Gasteiger partial charge in [-0.1, -0.05) is 10.7 Å². The maximum Gasteiger partial charge on any atom is 0.250 e. The summed E-state index contributed by atoms with van der Waals surface area (Å²) >= 11 is 0. The lowest BCUT2D eigenvalue weighted by Crippen LogP contribution is -2.18. The molecule has 1 atom stereocenters. The summed E-state index contributed by atoms with van der Waals surface area (Å²) in [5.74, 6) is 1.32. The van der Waals surface area contributed by atoms with Gasteiger partial charge in [-0.15, -0.1) is 12.4 Å². The minimum atomic E-state index is 0. The van der Waals surface area contributed by atoms with E-state index < -0.39 is 0 Å². The zero-order chi connectivity index (χ0) is 9.97. The lowest BCUT2D eigenvalue weighted by molar-refractivity contribution is 0.400. The third kappa shape index (κ3) is 3.32. The van der Waals surface area contributed by atoms with Crippen LogP contribution in [0.2, 0.25) is 0 Å². The molecule has 1 saturated carbocycles.